The van der Waals surface area contributed by atoms with E-state index < -0.39 is 0 Å². The Morgan fingerprint density at radius 3 is 1.02 bits per heavy atom. The molecule has 7 heteroatoms. The molecule has 0 radical (unpaired) electrons. The van der Waals surface area contributed by atoms with Crippen LogP contribution in [0, 0.1) is 0 Å². The lowest BCUT2D eigenvalue weighted by Crippen LogP contribution is -2.62. The van der Waals surface area contributed by atoms with Gasteiger partial charge in [-0.05, 0) is 22.3 Å². The Balaban J connectivity index is 1.31. The largest absolute Gasteiger partial charge is 0.327 e. The smallest absolute Gasteiger partial charge is 0.293 e. The fourth-order valence-electron chi connectivity index (χ4n) is 4.96. The highest BCUT2D eigenvalue weighted by Gasteiger charge is 2.31. The standard InChI is InChI=1S/C33H35N5O2/c39-32-34-33(40)38(26-36(23-30-17-9-3-10-18-30)24-31-19-11-4-12-20-31)27-37(32)25-35(21-28-13-5-1-6-14-28)22-29-15-7-2-8-16-29/h1-20H,21-27H2,(H,34,39,40). The second-order valence-corrected chi connectivity index (χ2v) is 10.2. The molecule has 0 atom stereocenters. The van der Waals surface area contributed by atoms with Crippen LogP contribution in [0.2, 0.25) is 0 Å². The van der Waals surface area contributed by atoms with E-state index in [9.17, 15) is 9.59 Å². The first kappa shape index (κ1) is 27.1. The molecule has 204 valence electrons. The lowest BCUT2D eigenvalue weighted by Gasteiger charge is -2.40. The summed E-state index contributed by atoms with van der Waals surface area (Å²) in [5, 5.41) is 2.57. The predicted octanol–water partition coefficient (Wildman–Crippen LogP) is 5.71. The first-order chi connectivity index (χ1) is 19.6. The zero-order chi connectivity index (χ0) is 27.6. The van der Waals surface area contributed by atoms with Crippen molar-refractivity contribution >= 4 is 12.1 Å². The van der Waals surface area contributed by atoms with Gasteiger partial charge in [-0.2, -0.15) is 0 Å². The SMILES string of the molecule is O=C1NC(=O)N(CN(Cc2ccccc2)Cc2ccccc2)CN1CN(Cc1ccccc1)Cc1ccccc1. The molecule has 1 aliphatic heterocycles. The number of urea groups is 2. The Morgan fingerprint density at radius 1 is 0.475 bits per heavy atom. The van der Waals surface area contributed by atoms with Crippen molar-refractivity contribution < 1.29 is 9.59 Å². The molecule has 7 nitrogen and oxygen atoms in total. The third-order valence-electron chi connectivity index (χ3n) is 6.87. The van der Waals surface area contributed by atoms with E-state index in [1.807, 2.05) is 72.8 Å². The highest BCUT2D eigenvalue weighted by molar-refractivity contribution is 5.95. The van der Waals surface area contributed by atoms with Crippen molar-refractivity contribution in [2.24, 2.45) is 0 Å². The maximum absolute atomic E-state index is 13.0. The van der Waals surface area contributed by atoms with Gasteiger partial charge in [0.05, 0.1) is 13.3 Å². The van der Waals surface area contributed by atoms with Crippen molar-refractivity contribution in [3.8, 4) is 0 Å². The number of carbonyl (C=O) groups is 2. The van der Waals surface area contributed by atoms with Gasteiger partial charge in [0.2, 0.25) is 0 Å². The van der Waals surface area contributed by atoms with Crippen molar-refractivity contribution in [1.29, 1.82) is 0 Å². The van der Waals surface area contributed by atoms with Crippen molar-refractivity contribution in [2.75, 3.05) is 20.0 Å². The Morgan fingerprint density at radius 2 is 0.750 bits per heavy atom. The van der Waals surface area contributed by atoms with Crippen LogP contribution in [0.5, 0.6) is 0 Å². The number of amides is 4. The lowest BCUT2D eigenvalue weighted by molar-refractivity contribution is 0.0497. The summed E-state index contributed by atoms with van der Waals surface area (Å²) in [4.78, 5) is 33.8. The Bertz CT molecular complexity index is 1170. The van der Waals surface area contributed by atoms with E-state index in [0.717, 1.165) is 0 Å². The molecule has 5 rings (SSSR count). The molecule has 0 saturated carbocycles. The molecule has 4 amide bonds. The van der Waals surface area contributed by atoms with Crippen molar-refractivity contribution in [1.82, 2.24) is 24.9 Å². The molecule has 1 aliphatic rings. The molecule has 1 N–H and O–H groups in total. The fourth-order valence-corrected chi connectivity index (χ4v) is 4.96. The van der Waals surface area contributed by atoms with Crippen LogP contribution in [0.4, 0.5) is 9.59 Å². The summed E-state index contributed by atoms with van der Waals surface area (Å²) in [7, 11) is 0. The molecule has 0 bridgehead atoms. The molecule has 0 aromatic heterocycles. The van der Waals surface area contributed by atoms with Gasteiger partial charge >= 0.3 is 12.1 Å². The number of imide groups is 1. The van der Waals surface area contributed by atoms with Gasteiger partial charge in [0.25, 0.3) is 0 Å². The van der Waals surface area contributed by atoms with Crippen molar-refractivity contribution in [3.63, 3.8) is 0 Å². The molecule has 40 heavy (non-hydrogen) atoms. The average molecular weight is 534 g/mol. The number of nitrogens with zero attached hydrogens (tertiary/aromatic N) is 4. The summed E-state index contributed by atoms with van der Waals surface area (Å²) in [6.45, 7) is 3.71. The van der Waals surface area contributed by atoms with Gasteiger partial charge in [0, 0.05) is 26.2 Å². The third kappa shape index (κ3) is 7.79. The molecule has 4 aromatic carbocycles. The van der Waals surface area contributed by atoms with Crippen molar-refractivity contribution in [2.45, 2.75) is 26.2 Å². The summed E-state index contributed by atoms with van der Waals surface area (Å²) in [6.07, 6.45) is 0. The minimum Gasteiger partial charge on any atom is -0.293 e. The van der Waals surface area contributed by atoms with Gasteiger partial charge in [0.1, 0.15) is 6.67 Å². The summed E-state index contributed by atoms with van der Waals surface area (Å²) in [6, 6.07) is 40.2. The zero-order valence-electron chi connectivity index (χ0n) is 22.6. The van der Waals surface area contributed by atoms with Crippen LogP contribution in [0.3, 0.4) is 0 Å². The minimum absolute atomic E-state index is 0.213. The normalized spacial score (nSPS) is 13.7. The zero-order valence-corrected chi connectivity index (χ0v) is 22.6. The molecule has 4 aromatic rings. The lowest BCUT2D eigenvalue weighted by atomic mass is 10.2. The Hall–Kier alpha value is -4.46. The molecule has 1 fully saturated rings. The van der Waals surface area contributed by atoms with Gasteiger partial charge in [-0.3, -0.25) is 24.9 Å². The maximum Gasteiger partial charge on any atom is 0.327 e. The Labute approximate surface area is 236 Å². The first-order valence-corrected chi connectivity index (χ1v) is 13.6. The van der Waals surface area contributed by atoms with Crippen LogP contribution < -0.4 is 5.32 Å². The average Bonchev–Trinajstić information content (AvgIpc) is 2.97. The number of hydrogen-bond acceptors (Lipinski definition) is 4. The molecule has 1 heterocycles. The van der Waals surface area contributed by atoms with Crippen LogP contribution in [0.1, 0.15) is 22.3 Å². The van der Waals surface area contributed by atoms with Gasteiger partial charge in [-0.25, -0.2) is 9.59 Å². The van der Waals surface area contributed by atoms with Gasteiger partial charge in [-0.1, -0.05) is 121 Å². The first-order valence-electron chi connectivity index (χ1n) is 13.6. The minimum atomic E-state index is -0.370. The van der Waals surface area contributed by atoms with E-state index in [-0.39, 0.29) is 18.7 Å². The van der Waals surface area contributed by atoms with E-state index in [2.05, 4.69) is 63.6 Å². The van der Waals surface area contributed by atoms with Crippen LogP contribution in [0.25, 0.3) is 0 Å². The van der Waals surface area contributed by atoms with E-state index in [1.54, 1.807) is 9.80 Å². The highest BCUT2D eigenvalue weighted by atomic mass is 16.2. The van der Waals surface area contributed by atoms with E-state index in [1.165, 1.54) is 22.3 Å². The van der Waals surface area contributed by atoms with Crippen molar-refractivity contribution in [3.05, 3.63) is 144 Å². The molecule has 0 unspecified atom stereocenters. The summed E-state index contributed by atoms with van der Waals surface area (Å²) < 4.78 is 0. The Kier molecular flexibility index (Phi) is 9.19. The molecular formula is C33H35N5O2. The maximum atomic E-state index is 13.0. The quantitative estimate of drug-likeness (QED) is 0.253. The summed E-state index contributed by atoms with van der Waals surface area (Å²) in [5.41, 5.74) is 4.67. The van der Waals surface area contributed by atoms with E-state index in [0.29, 0.717) is 39.5 Å². The van der Waals surface area contributed by atoms with Crippen LogP contribution in [-0.4, -0.2) is 51.7 Å². The molecule has 0 aliphatic carbocycles. The molecule has 0 spiro atoms. The summed E-state index contributed by atoms with van der Waals surface area (Å²) in [5.74, 6) is 0. The fraction of sp³-hybridized carbons (Fsp3) is 0.212. The molecule has 1 saturated heterocycles. The number of carbonyl (C=O) groups excluding carboxylic acids is 2. The van der Waals surface area contributed by atoms with Gasteiger partial charge < -0.3 is 0 Å². The van der Waals surface area contributed by atoms with Gasteiger partial charge in [0.15, 0.2) is 0 Å². The van der Waals surface area contributed by atoms with Crippen LogP contribution in [-0.2, 0) is 26.2 Å². The second-order valence-electron chi connectivity index (χ2n) is 10.2. The third-order valence-corrected chi connectivity index (χ3v) is 6.87. The predicted molar refractivity (Wildman–Crippen MR) is 156 cm³/mol. The number of benzene rings is 4. The van der Waals surface area contributed by atoms with Crippen LogP contribution >= 0.6 is 0 Å². The second kappa shape index (κ2) is 13.6. The monoisotopic (exact) mass is 533 g/mol. The number of hydrogen-bond donors (Lipinski definition) is 1. The number of rotatable bonds is 12. The summed E-state index contributed by atoms with van der Waals surface area (Å²) >= 11 is 0. The molecular weight excluding hydrogens is 498 g/mol. The van der Waals surface area contributed by atoms with Crippen LogP contribution in [0.15, 0.2) is 121 Å². The van der Waals surface area contributed by atoms with E-state index >= 15 is 0 Å². The highest BCUT2D eigenvalue weighted by Crippen LogP contribution is 2.16. The topological polar surface area (TPSA) is 59.1 Å². The number of nitrogens with one attached hydrogen (secondary N) is 1. The van der Waals surface area contributed by atoms with Gasteiger partial charge in [-0.15, -0.1) is 0 Å². The van der Waals surface area contributed by atoms with E-state index in [4.69, 9.17) is 0 Å².